The standard InChI is InChI=1S/C21H12Cl2F2N6O4/c22-11-5-9(31-20(34)28-17(32)14(8-26)29-31)6-12(23)16(11)35-10-1-2-13-15(7-10)30(19(33)27-13)21(3-4-21)18(24)25/h1-2,5-7,18H,3-4H2,(H,27,33)(H,28,32,34). The Hall–Kier alpha value is -3.95. The lowest BCUT2D eigenvalue weighted by atomic mass is 10.2. The highest BCUT2D eigenvalue weighted by Crippen LogP contribution is 2.49. The van der Waals surface area contributed by atoms with Crippen LogP contribution in [0, 0.1) is 11.3 Å². The van der Waals surface area contributed by atoms with Crippen molar-refractivity contribution in [2.24, 2.45) is 0 Å². The van der Waals surface area contributed by atoms with Gasteiger partial charge in [-0.25, -0.2) is 18.4 Å². The minimum absolute atomic E-state index is 0.0196. The molecule has 0 saturated heterocycles. The number of aromatic nitrogens is 5. The third-order valence-electron chi connectivity index (χ3n) is 5.65. The number of rotatable bonds is 5. The van der Waals surface area contributed by atoms with Gasteiger partial charge in [0.1, 0.15) is 17.4 Å². The molecule has 0 spiro atoms. The lowest BCUT2D eigenvalue weighted by Gasteiger charge is -2.16. The molecule has 1 saturated carbocycles. The highest BCUT2D eigenvalue weighted by atomic mass is 35.5. The molecule has 4 aromatic rings. The Balaban J connectivity index is 1.55. The van der Waals surface area contributed by atoms with Crippen molar-refractivity contribution in [3.63, 3.8) is 0 Å². The molecule has 2 heterocycles. The average molecular weight is 521 g/mol. The Morgan fingerprint density at radius 3 is 2.37 bits per heavy atom. The molecule has 0 bridgehead atoms. The summed E-state index contributed by atoms with van der Waals surface area (Å²) in [6, 6.07) is 8.55. The molecule has 1 aliphatic rings. The number of nitrogens with one attached hydrogen (secondary N) is 2. The minimum Gasteiger partial charge on any atom is -0.454 e. The second-order valence-corrected chi connectivity index (χ2v) is 8.64. The smallest absolute Gasteiger partial charge is 0.349 e. The van der Waals surface area contributed by atoms with E-state index in [9.17, 15) is 23.2 Å². The quantitative estimate of drug-likeness (QED) is 0.414. The Labute approximate surface area is 202 Å². The van der Waals surface area contributed by atoms with Crippen molar-refractivity contribution in [1.29, 1.82) is 5.26 Å². The van der Waals surface area contributed by atoms with Gasteiger partial charge >= 0.3 is 11.4 Å². The van der Waals surface area contributed by atoms with E-state index in [1.165, 1.54) is 30.3 Å². The summed E-state index contributed by atoms with van der Waals surface area (Å²) in [5.41, 5.74) is -3.95. The van der Waals surface area contributed by atoms with E-state index in [1.54, 1.807) is 6.07 Å². The summed E-state index contributed by atoms with van der Waals surface area (Å²) in [5.74, 6) is 0.145. The molecule has 10 nitrogen and oxygen atoms in total. The number of aromatic amines is 2. The molecular formula is C21H12Cl2F2N6O4. The number of halogens is 4. The number of nitriles is 1. The van der Waals surface area contributed by atoms with Gasteiger partial charge in [-0.15, -0.1) is 5.10 Å². The Bertz CT molecular complexity index is 1710. The third-order valence-corrected chi connectivity index (χ3v) is 6.21. The summed E-state index contributed by atoms with van der Waals surface area (Å²) < 4.78 is 34.9. The van der Waals surface area contributed by atoms with Gasteiger partial charge in [-0.2, -0.15) is 9.94 Å². The van der Waals surface area contributed by atoms with Crippen molar-refractivity contribution in [1.82, 2.24) is 24.3 Å². The van der Waals surface area contributed by atoms with E-state index in [0.717, 1.165) is 9.25 Å². The first kappa shape index (κ1) is 22.8. The molecule has 0 amide bonds. The predicted molar refractivity (Wildman–Crippen MR) is 121 cm³/mol. The van der Waals surface area contributed by atoms with Gasteiger partial charge in [-0.05, 0) is 37.1 Å². The Morgan fingerprint density at radius 1 is 1.09 bits per heavy atom. The van der Waals surface area contributed by atoms with E-state index < -0.39 is 34.6 Å². The van der Waals surface area contributed by atoms with Crippen molar-refractivity contribution in [2.45, 2.75) is 24.8 Å². The molecule has 0 atom stereocenters. The van der Waals surface area contributed by atoms with Crippen LogP contribution in [-0.2, 0) is 5.54 Å². The fourth-order valence-electron chi connectivity index (χ4n) is 3.79. The first-order valence-corrected chi connectivity index (χ1v) is 10.7. The summed E-state index contributed by atoms with van der Waals surface area (Å²) in [4.78, 5) is 40.6. The van der Waals surface area contributed by atoms with Crippen molar-refractivity contribution in [3.8, 4) is 23.3 Å². The van der Waals surface area contributed by atoms with E-state index in [4.69, 9.17) is 33.2 Å². The number of ether oxygens (including phenoxy) is 1. The van der Waals surface area contributed by atoms with Crippen LogP contribution in [0.4, 0.5) is 8.78 Å². The van der Waals surface area contributed by atoms with Gasteiger partial charge in [0, 0.05) is 6.07 Å². The number of nitrogens with zero attached hydrogens (tertiary/aromatic N) is 4. The van der Waals surface area contributed by atoms with E-state index in [1.807, 2.05) is 4.98 Å². The Morgan fingerprint density at radius 2 is 1.77 bits per heavy atom. The molecule has 35 heavy (non-hydrogen) atoms. The van der Waals surface area contributed by atoms with Gasteiger partial charge in [0.15, 0.2) is 5.75 Å². The van der Waals surface area contributed by atoms with Crippen LogP contribution in [0.1, 0.15) is 18.5 Å². The number of fused-ring (bicyclic) bond motifs is 1. The van der Waals surface area contributed by atoms with Gasteiger partial charge < -0.3 is 9.72 Å². The van der Waals surface area contributed by atoms with Crippen molar-refractivity contribution in [2.75, 3.05) is 0 Å². The number of H-pyrrole nitrogens is 2. The van der Waals surface area contributed by atoms with Gasteiger partial charge in [0.25, 0.3) is 12.0 Å². The normalized spacial score (nSPS) is 14.3. The molecule has 0 aliphatic heterocycles. The highest BCUT2D eigenvalue weighted by molar-refractivity contribution is 6.37. The lowest BCUT2D eigenvalue weighted by molar-refractivity contribution is 0.0675. The molecular weight excluding hydrogens is 509 g/mol. The van der Waals surface area contributed by atoms with E-state index in [-0.39, 0.29) is 45.6 Å². The molecule has 5 rings (SSSR count). The number of alkyl halides is 2. The van der Waals surface area contributed by atoms with Crippen LogP contribution in [0.25, 0.3) is 16.7 Å². The summed E-state index contributed by atoms with van der Waals surface area (Å²) in [7, 11) is 0. The molecule has 14 heteroatoms. The number of hydrogen-bond acceptors (Lipinski definition) is 6. The molecule has 2 aromatic carbocycles. The first-order valence-electron chi connectivity index (χ1n) is 9.99. The van der Waals surface area contributed by atoms with Crippen LogP contribution >= 0.6 is 23.2 Å². The van der Waals surface area contributed by atoms with Crippen molar-refractivity contribution >= 4 is 34.2 Å². The molecule has 0 unspecified atom stereocenters. The minimum atomic E-state index is -2.72. The van der Waals surface area contributed by atoms with Crippen molar-refractivity contribution in [3.05, 3.63) is 77.4 Å². The molecule has 178 valence electrons. The topological polar surface area (TPSA) is 139 Å². The van der Waals surface area contributed by atoms with E-state index in [2.05, 4.69) is 10.1 Å². The van der Waals surface area contributed by atoms with E-state index >= 15 is 0 Å². The highest BCUT2D eigenvalue weighted by Gasteiger charge is 2.54. The monoisotopic (exact) mass is 520 g/mol. The maximum Gasteiger partial charge on any atom is 0.349 e. The number of hydrogen-bond donors (Lipinski definition) is 2. The van der Waals surface area contributed by atoms with Crippen LogP contribution in [0.2, 0.25) is 10.0 Å². The predicted octanol–water partition coefficient (Wildman–Crippen LogP) is 3.29. The lowest BCUT2D eigenvalue weighted by Crippen LogP contribution is -2.33. The summed E-state index contributed by atoms with van der Waals surface area (Å²) in [6.45, 7) is 0. The second kappa shape index (κ2) is 8.07. The largest absolute Gasteiger partial charge is 0.454 e. The summed E-state index contributed by atoms with van der Waals surface area (Å²) >= 11 is 12.6. The van der Waals surface area contributed by atoms with Gasteiger partial charge in [0.2, 0.25) is 5.69 Å². The van der Waals surface area contributed by atoms with E-state index in [0.29, 0.717) is 5.52 Å². The fourth-order valence-corrected chi connectivity index (χ4v) is 4.34. The molecule has 0 radical (unpaired) electrons. The Kier molecular flexibility index (Phi) is 5.26. The zero-order valence-electron chi connectivity index (χ0n) is 17.3. The number of imidazole rings is 1. The molecule has 2 N–H and O–H groups in total. The molecule has 1 fully saturated rings. The summed E-state index contributed by atoms with van der Waals surface area (Å²) in [5, 5.41) is 12.6. The zero-order chi connectivity index (χ0) is 25.1. The zero-order valence-corrected chi connectivity index (χ0v) is 18.8. The number of benzene rings is 2. The first-order chi connectivity index (χ1) is 16.6. The second-order valence-electron chi connectivity index (χ2n) is 7.82. The average Bonchev–Trinajstić information content (AvgIpc) is 3.53. The van der Waals surface area contributed by atoms with Crippen LogP contribution in [0.15, 0.2) is 44.7 Å². The van der Waals surface area contributed by atoms with Crippen LogP contribution < -0.4 is 21.7 Å². The van der Waals surface area contributed by atoms with Gasteiger partial charge in [-0.3, -0.25) is 14.3 Å². The van der Waals surface area contributed by atoms with Gasteiger partial charge in [0.05, 0.1) is 26.8 Å². The fraction of sp³-hybridized carbons (Fsp3) is 0.190. The van der Waals surface area contributed by atoms with Crippen molar-refractivity contribution < 1.29 is 13.5 Å². The SMILES string of the molecule is N#Cc1nn(-c2cc(Cl)c(Oc3ccc4[nH]c(=O)n(C5(C(F)F)CC5)c4c3)c(Cl)c2)c(=O)[nH]c1=O. The molecule has 1 aliphatic carbocycles. The van der Waals surface area contributed by atoms with Crippen LogP contribution in [0.3, 0.4) is 0 Å². The van der Waals surface area contributed by atoms with Crippen LogP contribution in [0.5, 0.6) is 11.5 Å². The van der Waals surface area contributed by atoms with Crippen LogP contribution in [-0.4, -0.2) is 30.7 Å². The third kappa shape index (κ3) is 3.69. The maximum absolute atomic E-state index is 13.7. The summed E-state index contributed by atoms with van der Waals surface area (Å²) in [6.07, 6.45) is -2.37. The maximum atomic E-state index is 13.7. The van der Waals surface area contributed by atoms with Gasteiger partial charge in [-0.1, -0.05) is 23.2 Å². The molecule has 2 aromatic heterocycles.